The molecule has 2 amide bonds. The number of rotatable bonds is 5. The number of carboxylic acid groups (broad SMARTS) is 1. The zero-order valence-corrected chi connectivity index (χ0v) is 17.7. The van der Waals surface area contributed by atoms with Gasteiger partial charge in [-0.05, 0) is 31.0 Å². The molecule has 0 aliphatic carbocycles. The van der Waals surface area contributed by atoms with Crippen molar-refractivity contribution in [2.75, 3.05) is 20.2 Å². The lowest BCUT2D eigenvalue weighted by atomic mass is 9.66. The normalized spacial score (nSPS) is 23.6. The van der Waals surface area contributed by atoms with Crippen LogP contribution in [0.2, 0.25) is 5.02 Å². The standard InChI is InChI=1S/C20H29ClN2O5/c1-12(13(2)22-18(25)26)17(24)23-9-8-20(27,19(3,4)11-23)14-6-7-15(21)16(10-14)28-5/h6-7,10,12-13,22,27H,8-9,11H2,1-5H3,(H,25,26)/t12?,13-,20?/m1/s1. The molecule has 8 heteroatoms. The third-order valence-corrected chi connectivity index (χ3v) is 6.19. The Balaban J connectivity index is 2.22. The second-order valence-electron chi connectivity index (χ2n) is 8.13. The second kappa shape index (κ2) is 8.17. The number of hydrogen-bond acceptors (Lipinski definition) is 4. The first-order valence-electron chi connectivity index (χ1n) is 9.27. The summed E-state index contributed by atoms with van der Waals surface area (Å²) < 4.78 is 5.28. The Morgan fingerprint density at radius 1 is 1.32 bits per heavy atom. The van der Waals surface area contributed by atoms with E-state index in [9.17, 15) is 14.7 Å². The lowest BCUT2D eigenvalue weighted by molar-refractivity contribution is -0.156. The molecule has 2 unspecified atom stereocenters. The van der Waals surface area contributed by atoms with Gasteiger partial charge in [-0.3, -0.25) is 4.79 Å². The molecule has 1 heterocycles. The van der Waals surface area contributed by atoms with E-state index in [1.807, 2.05) is 13.8 Å². The molecule has 1 aromatic rings. The Bertz CT molecular complexity index is 754. The van der Waals surface area contributed by atoms with Gasteiger partial charge in [-0.25, -0.2) is 4.79 Å². The highest BCUT2D eigenvalue weighted by Gasteiger charge is 2.50. The molecule has 3 N–H and O–H groups in total. The molecule has 1 aromatic carbocycles. The maximum atomic E-state index is 12.9. The van der Waals surface area contributed by atoms with Gasteiger partial charge in [0.05, 0.1) is 23.7 Å². The van der Waals surface area contributed by atoms with Crippen LogP contribution in [0.1, 0.15) is 39.7 Å². The van der Waals surface area contributed by atoms with Gasteiger partial charge in [0.1, 0.15) is 5.75 Å². The topological polar surface area (TPSA) is 99.1 Å². The molecule has 156 valence electrons. The molecule has 0 spiro atoms. The van der Waals surface area contributed by atoms with E-state index in [2.05, 4.69) is 5.32 Å². The summed E-state index contributed by atoms with van der Waals surface area (Å²) in [6.07, 6.45) is -0.804. The van der Waals surface area contributed by atoms with Gasteiger partial charge in [0.2, 0.25) is 5.91 Å². The molecule has 0 bridgehead atoms. The number of halogens is 1. The lowest BCUT2D eigenvalue weighted by Crippen LogP contribution is -2.58. The van der Waals surface area contributed by atoms with Crippen LogP contribution in [0.25, 0.3) is 0 Å². The van der Waals surface area contributed by atoms with Gasteiger partial charge in [-0.2, -0.15) is 0 Å². The van der Waals surface area contributed by atoms with Gasteiger partial charge in [0.15, 0.2) is 0 Å². The third-order valence-electron chi connectivity index (χ3n) is 5.88. The van der Waals surface area contributed by atoms with E-state index >= 15 is 0 Å². The number of aliphatic hydroxyl groups is 1. The van der Waals surface area contributed by atoms with Gasteiger partial charge >= 0.3 is 6.09 Å². The highest BCUT2D eigenvalue weighted by Crippen LogP contribution is 2.47. The minimum atomic E-state index is -1.16. The molecule has 2 rings (SSSR count). The predicted octanol–water partition coefficient (Wildman–Crippen LogP) is 3.09. The fraction of sp³-hybridized carbons (Fsp3) is 0.600. The number of methoxy groups -OCH3 is 1. The van der Waals surface area contributed by atoms with E-state index in [1.165, 1.54) is 7.11 Å². The quantitative estimate of drug-likeness (QED) is 0.690. The summed E-state index contributed by atoms with van der Waals surface area (Å²) in [5, 5.41) is 23.2. The van der Waals surface area contributed by atoms with E-state index in [0.29, 0.717) is 35.8 Å². The third kappa shape index (κ3) is 4.20. The number of nitrogens with zero attached hydrogens (tertiary/aromatic N) is 1. The van der Waals surface area contributed by atoms with Crippen molar-refractivity contribution < 1.29 is 24.5 Å². The Hall–Kier alpha value is -1.99. The van der Waals surface area contributed by atoms with Crippen LogP contribution >= 0.6 is 11.6 Å². The maximum absolute atomic E-state index is 12.9. The number of benzene rings is 1. The van der Waals surface area contributed by atoms with Crippen molar-refractivity contribution in [3.05, 3.63) is 28.8 Å². The fourth-order valence-corrected chi connectivity index (χ4v) is 3.98. The molecule has 0 aromatic heterocycles. The Morgan fingerprint density at radius 2 is 1.96 bits per heavy atom. The van der Waals surface area contributed by atoms with Crippen LogP contribution in [0, 0.1) is 11.3 Å². The average molecular weight is 413 g/mol. The summed E-state index contributed by atoms with van der Waals surface area (Å²) in [5.41, 5.74) is -1.10. The first kappa shape index (κ1) is 22.3. The van der Waals surface area contributed by atoms with Crippen molar-refractivity contribution >= 4 is 23.6 Å². The highest BCUT2D eigenvalue weighted by atomic mass is 35.5. The summed E-state index contributed by atoms with van der Waals surface area (Å²) in [5.74, 6) is -0.150. The zero-order valence-electron chi connectivity index (χ0n) is 17.0. The van der Waals surface area contributed by atoms with Gasteiger partial charge in [-0.15, -0.1) is 0 Å². The summed E-state index contributed by atoms with van der Waals surface area (Å²) in [6, 6.07) is 4.71. The Morgan fingerprint density at radius 3 is 2.50 bits per heavy atom. The van der Waals surface area contributed by atoms with Gasteiger partial charge < -0.3 is 25.2 Å². The first-order valence-corrected chi connectivity index (χ1v) is 9.65. The van der Waals surface area contributed by atoms with Crippen LogP contribution in [0.3, 0.4) is 0 Å². The lowest BCUT2D eigenvalue weighted by Gasteiger charge is -2.51. The minimum Gasteiger partial charge on any atom is -0.495 e. The van der Waals surface area contributed by atoms with E-state index in [-0.39, 0.29) is 5.91 Å². The molecule has 7 nitrogen and oxygen atoms in total. The maximum Gasteiger partial charge on any atom is 0.404 e. The van der Waals surface area contributed by atoms with Crippen LogP contribution in [0.5, 0.6) is 5.75 Å². The van der Waals surface area contributed by atoms with E-state index in [1.54, 1.807) is 36.9 Å². The van der Waals surface area contributed by atoms with Crippen molar-refractivity contribution in [2.24, 2.45) is 11.3 Å². The molecule has 0 radical (unpaired) electrons. The summed E-state index contributed by atoms with van der Waals surface area (Å²) in [6.45, 7) is 7.92. The van der Waals surface area contributed by atoms with Crippen molar-refractivity contribution in [3.63, 3.8) is 0 Å². The summed E-state index contributed by atoms with van der Waals surface area (Å²) >= 11 is 6.11. The largest absolute Gasteiger partial charge is 0.495 e. The molecule has 1 aliphatic rings. The summed E-state index contributed by atoms with van der Waals surface area (Å²) in [4.78, 5) is 25.4. The molecule has 28 heavy (non-hydrogen) atoms. The van der Waals surface area contributed by atoms with Crippen LogP contribution in [0.15, 0.2) is 18.2 Å². The van der Waals surface area contributed by atoms with Gasteiger partial charge in [0, 0.05) is 24.5 Å². The fourth-order valence-electron chi connectivity index (χ4n) is 3.78. The van der Waals surface area contributed by atoms with E-state index in [0.717, 1.165) is 0 Å². The number of hydrogen-bond donors (Lipinski definition) is 3. The van der Waals surface area contributed by atoms with E-state index < -0.39 is 29.1 Å². The van der Waals surface area contributed by atoms with Gasteiger partial charge in [0.25, 0.3) is 0 Å². The van der Waals surface area contributed by atoms with Crippen LogP contribution in [-0.4, -0.2) is 53.4 Å². The second-order valence-corrected chi connectivity index (χ2v) is 8.54. The average Bonchev–Trinajstić information content (AvgIpc) is 2.62. The molecular formula is C20H29ClN2O5. The molecule has 3 atom stereocenters. The predicted molar refractivity (Wildman–Crippen MR) is 107 cm³/mol. The molecule has 1 saturated heterocycles. The van der Waals surface area contributed by atoms with Crippen LogP contribution in [0.4, 0.5) is 4.79 Å². The molecule has 1 fully saturated rings. The number of likely N-dealkylation sites (tertiary alicyclic amines) is 1. The number of ether oxygens (including phenoxy) is 1. The number of nitrogens with one attached hydrogen (secondary N) is 1. The van der Waals surface area contributed by atoms with Crippen LogP contribution in [-0.2, 0) is 10.4 Å². The van der Waals surface area contributed by atoms with Crippen molar-refractivity contribution in [1.29, 1.82) is 0 Å². The van der Waals surface area contributed by atoms with Gasteiger partial charge in [-0.1, -0.05) is 38.4 Å². The monoisotopic (exact) mass is 412 g/mol. The highest BCUT2D eigenvalue weighted by molar-refractivity contribution is 6.32. The SMILES string of the molecule is COc1cc(C2(O)CCN(C(=O)C(C)[C@@H](C)NC(=O)O)CC2(C)C)ccc1Cl. The van der Waals surface area contributed by atoms with Crippen LogP contribution < -0.4 is 10.1 Å². The smallest absolute Gasteiger partial charge is 0.404 e. The molecule has 0 saturated carbocycles. The molecular weight excluding hydrogens is 384 g/mol. The number of amides is 2. The Labute approximate surface area is 170 Å². The first-order chi connectivity index (χ1) is 12.9. The Kier molecular flexibility index (Phi) is 6.51. The number of piperidine rings is 1. The van der Waals surface area contributed by atoms with Crippen molar-refractivity contribution in [3.8, 4) is 5.75 Å². The zero-order chi connectivity index (χ0) is 21.3. The summed E-state index contributed by atoms with van der Waals surface area (Å²) in [7, 11) is 1.52. The number of carbonyl (C=O) groups excluding carboxylic acids is 1. The molecule has 1 aliphatic heterocycles. The van der Waals surface area contributed by atoms with Crippen molar-refractivity contribution in [1.82, 2.24) is 10.2 Å². The minimum absolute atomic E-state index is 0.134. The van der Waals surface area contributed by atoms with E-state index in [4.69, 9.17) is 21.4 Å². The number of carbonyl (C=O) groups is 2. The van der Waals surface area contributed by atoms with Crippen molar-refractivity contribution in [2.45, 2.75) is 45.8 Å².